The zero-order valence-corrected chi connectivity index (χ0v) is 14.7. The predicted octanol–water partition coefficient (Wildman–Crippen LogP) is 3.80. The van der Waals surface area contributed by atoms with E-state index in [9.17, 15) is 4.79 Å². The van der Waals surface area contributed by atoms with Crippen molar-refractivity contribution in [2.75, 3.05) is 7.05 Å². The summed E-state index contributed by atoms with van der Waals surface area (Å²) < 4.78 is 3.75. The van der Waals surface area contributed by atoms with Gasteiger partial charge in [-0.05, 0) is 25.4 Å². The Hall–Kier alpha value is -2.12. The number of rotatable bonds is 4. The van der Waals surface area contributed by atoms with E-state index in [1.807, 2.05) is 44.2 Å². The van der Waals surface area contributed by atoms with E-state index in [4.69, 9.17) is 0 Å². The van der Waals surface area contributed by atoms with E-state index in [0.717, 1.165) is 32.7 Å². The van der Waals surface area contributed by atoms with Gasteiger partial charge in [0.15, 0.2) is 0 Å². The third-order valence-electron chi connectivity index (χ3n) is 3.71. The van der Waals surface area contributed by atoms with E-state index in [0.29, 0.717) is 4.88 Å². The second-order valence-electron chi connectivity index (χ2n) is 5.21. The number of thiazole rings is 1. The minimum absolute atomic E-state index is 0.0560. The van der Waals surface area contributed by atoms with Crippen LogP contribution in [-0.4, -0.2) is 32.4 Å². The highest BCUT2D eigenvalue weighted by molar-refractivity contribution is 7.15. The molecule has 118 valence electrons. The van der Waals surface area contributed by atoms with Crippen LogP contribution in [0.4, 0.5) is 0 Å². The molecule has 2 heterocycles. The summed E-state index contributed by atoms with van der Waals surface area (Å²) >= 11 is 2.74. The zero-order valence-electron chi connectivity index (χ0n) is 13.1. The number of nitrogens with zero attached hydrogens (tertiary/aromatic N) is 4. The summed E-state index contributed by atoms with van der Waals surface area (Å²) in [5.41, 5.74) is 2.06. The summed E-state index contributed by atoms with van der Waals surface area (Å²) in [6, 6.07) is 10.0. The molecule has 1 aromatic carbocycles. The van der Waals surface area contributed by atoms with Crippen molar-refractivity contribution in [1.82, 2.24) is 19.5 Å². The summed E-state index contributed by atoms with van der Waals surface area (Å²) in [6.45, 7) is 4.00. The van der Waals surface area contributed by atoms with Gasteiger partial charge in [-0.2, -0.15) is 0 Å². The largest absolute Gasteiger partial charge is 0.333 e. The molecular formula is C16H16N4OS2. The van der Waals surface area contributed by atoms with Gasteiger partial charge in [0.2, 0.25) is 0 Å². The van der Waals surface area contributed by atoms with Gasteiger partial charge in [0, 0.05) is 12.6 Å². The lowest BCUT2D eigenvalue weighted by Crippen LogP contribution is -2.29. The van der Waals surface area contributed by atoms with Gasteiger partial charge in [0.25, 0.3) is 5.91 Å². The molecule has 3 rings (SSSR count). The molecule has 0 radical (unpaired) electrons. The van der Waals surface area contributed by atoms with Crippen molar-refractivity contribution in [2.24, 2.45) is 0 Å². The smallest absolute Gasteiger partial charge is 0.267 e. The van der Waals surface area contributed by atoms with Crippen LogP contribution in [0.3, 0.4) is 0 Å². The second kappa shape index (κ2) is 6.55. The van der Waals surface area contributed by atoms with E-state index >= 15 is 0 Å². The number of aromatic nitrogens is 3. The average Bonchev–Trinajstić information content (AvgIpc) is 3.23. The highest BCUT2D eigenvalue weighted by Crippen LogP contribution is 2.34. The van der Waals surface area contributed by atoms with Crippen LogP contribution in [0, 0.1) is 6.92 Å². The molecule has 0 fully saturated rings. The molecule has 3 aromatic rings. The highest BCUT2D eigenvalue weighted by Gasteiger charge is 2.24. The van der Waals surface area contributed by atoms with Gasteiger partial charge in [-0.15, -0.1) is 16.4 Å². The first-order valence-corrected chi connectivity index (χ1v) is 8.74. The number of hydrogen-bond donors (Lipinski definition) is 0. The fourth-order valence-electron chi connectivity index (χ4n) is 2.29. The Morgan fingerprint density at radius 2 is 2.00 bits per heavy atom. The van der Waals surface area contributed by atoms with E-state index in [-0.39, 0.29) is 11.9 Å². The van der Waals surface area contributed by atoms with Crippen molar-refractivity contribution in [2.45, 2.75) is 19.9 Å². The lowest BCUT2D eigenvalue weighted by Gasteiger charge is -2.23. The maximum Gasteiger partial charge on any atom is 0.267 e. The molecule has 23 heavy (non-hydrogen) atoms. The van der Waals surface area contributed by atoms with Crippen molar-refractivity contribution in [3.05, 3.63) is 52.0 Å². The van der Waals surface area contributed by atoms with E-state index in [1.54, 1.807) is 23.3 Å². The van der Waals surface area contributed by atoms with Gasteiger partial charge in [0.1, 0.15) is 9.88 Å². The van der Waals surface area contributed by atoms with Gasteiger partial charge >= 0.3 is 0 Å². The van der Waals surface area contributed by atoms with Crippen LogP contribution in [0.25, 0.3) is 10.6 Å². The van der Waals surface area contributed by atoms with Crippen LogP contribution < -0.4 is 0 Å². The first-order chi connectivity index (χ1) is 11.1. The number of hydrogen-bond acceptors (Lipinski definition) is 6. The van der Waals surface area contributed by atoms with Crippen LogP contribution >= 0.6 is 22.9 Å². The lowest BCUT2D eigenvalue weighted by molar-refractivity contribution is 0.0749. The predicted molar refractivity (Wildman–Crippen MR) is 92.7 cm³/mol. The minimum Gasteiger partial charge on any atom is -0.333 e. The maximum absolute atomic E-state index is 12.4. The van der Waals surface area contributed by atoms with Crippen LogP contribution in [0.5, 0.6) is 0 Å². The molecule has 1 atom stereocenters. The standard InChI is InChI=1S/C16H16N4OS2/c1-10-14(22-15(18-10)12-7-5-4-6-8-12)11(2)20(3)16(21)13-9-17-19-23-13/h4-9,11H,1-3H3/t11-/m0/s1. The fraction of sp³-hybridized carbons (Fsp3) is 0.250. The van der Waals surface area contributed by atoms with Gasteiger partial charge in [-0.25, -0.2) is 4.98 Å². The SMILES string of the molecule is Cc1nc(-c2ccccc2)sc1[C@H](C)N(C)C(=O)c1cnns1. The third-order valence-corrected chi connectivity index (χ3v) is 5.74. The number of amides is 1. The summed E-state index contributed by atoms with van der Waals surface area (Å²) in [6.07, 6.45) is 1.51. The number of aryl methyl sites for hydroxylation is 1. The Morgan fingerprint density at radius 1 is 1.26 bits per heavy atom. The maximum atomic E-state index is 12.4. The molecule has 0 bridgehead atoms. The second-order valence-corrected chi connectivity index (χ2v) is 7.02. The summed E-state index contributed by atoms with van der Waals surface area (Å²) in [5.74, 6) is -0.0680. The van der Waals surface area contributed by atoms with E-state index in [1.165, 1.54) is 6.20 Å². The first-order valence-electron chi connectivity index (χ1n) is 7.15. The van der Waals surface area contributed by atoms with Gasteiger partial charge in [-0.1, -0.05) is 34.8 Å². The molecule has 7 heteroatoms. The Morgan fingerprint density at radius 3 is 2.65 bits per heavy atom. The number of benzene rings is 1. The van der Waals surface area contributed by atoms with Crippen LogP contribution in [-0.2, 0) is 0 Å². The number of carbonyl (C=O) groups excluding carboxylic acids is 1. The molecular weight excluding hydrogens is 328 g/mol. The molecule has 0 aliphatic rings. The third kappa shape index (κ3) is 3.16. The normalized spacial score (nSPS) is 12.1. The van der Waals surface area contributed by atoms with Crippen molar-refractivity contribution in [3.63, 3.8) is 0 Å². The molecule has 0 aliphatic carbocycles. The fourth-order valence-corrected chi connectivity index (χ4v) is 3.95. The monoisotopic (exact) mass is 344 g/mol. The van der Waals surface area contributed by atoms with Gasteiger partial charge in [-0.3, -0.25) is 4.79 Å². The van der Waals surface area contributed by atoms with Gasteiger partial charge in [0.05, 0.1) is 22.8 Å². The molecule has 1 amide bonds. The van der Waals surface area contributed by atoms with Crippen LogP contribution in [0.1, 0.15) is 33.2 Å². The average molecular weight is 344 g/mol. The molecule has 2 aromatic heterocycles. The highest BCUT2D eigenvalue weighted by atomic mass is 32.1. The summed E-state index contributed by atoms with van der Waals surface area (Å²) in [4.78, 5) is 20.5. The van der Waals surface area contributed by atoms with Crippen molar-refractivity contribution >= 4 is 28.8 Å². The molecule has 5 nitrogen and oxygen atoms in total. The Balaban J connectivity index is 1.86. The van der Waals surface area contributed by atoms with Crippen LogP contribution in [0.2, 0.25) is 0 Å². The van der Waals surface area contributed by atoms with E-state index in [2.05, 4.69) is 14.6 Å². The Kier molecular flexibility index (Phi) is 4.49. The molecule has 0 N–H and O–H groups in total. The summed E-state index contributed by atoms with van der Waals surface area (Å²) in [5, 5.41) is 4.71. The minimum atomic E-state index is -0.0680. The molecule has 0 spiro atoms. The Labute approximate surface area is 142 Å². The topological polar surface area (TPSA) is 59.0 Å². The van der Waals surface area contributed by atoms with E-state index < -0.39 is 0 Å². The van der Waals surface area contributed by atoms with Crippen molar-refractivity contribution < 1.29 is 4.79 Å². The van der Waals surface area contributed by atoms with Crippen molar-refractivity contribution in [3.8, 4) is 10.6 Å². The molecule has 0 unspecified atom stereocenters. The van der Waals surface area contributed by atoms with Gasteiger partial charge < -0.3 is 4.90 Å². The van der Waals surface area contributed by atoms with Crippen molar-refractivity contribution in [1.29, 1.82) is 0 Å². The summed E-state index contributed by atoms with van der Waals surface area (Å²) in [7, 11) is 1.80. The zero-order chi connectivity index (χ0) is 16.4. The molecule has 0 saturated carbocycles. The Bertz CT molecular complexity index is 799. The quantitative estimate of drug-likeness (QED) is 0.722. The van der Waals surface area contributed by atoms with Crippen LogP contribution in [0.15, 0.2) is 36.5 Å². The lowest BCUT2D eigenvalue weighted by atomic mass is 10.2. The first kappa shape index (κ1) is 15.8. The molecule has 0 aliphatic heterocycles. The molecule has 0 saturated heterocycles. The number of carbonyl (C=O) groups is 1.